The van der Waals surface area contributed by atoms with Crippen molar-refractivity contribution < 1.29 is 9.47 Å². The molecule has 75 valence electrons. The van der Waals surface area contributed by atoms with Gasteiger partial charge in [-0.3, -0.25) is 0 Å². The van der Waals surface area contributed by atoms with Crippen LogP contribution >= 0.6 is 0 Å². The second-order valence-electron chi connectivity index (χ2n) is 3.26. The fourth-order valence-electron chi connectivity index (χ4n) is 1.54. The maximum Gasteiger partial charge on any atom is 0.118 e. The van der Waals surface area contributed by atoms with E-state index >= 15 is 0 Å². The third-order valence-electron chi connectivity index (χ3n) is 2.35. The smallest absolute Gasteiger partial charge is 0.118 e. The highest BCUT2D eigenvalue weighted by molar-refractivity contribution is 5.28. The van der Waals surface area contributed by atoms with Gasteiger partial charge in [0.15, 0.2) is 0 Å². The number of hydrogen-bond acceptors (Lipinski definition) is 2. The molecule has 3 heteroatoms. The molecule has 0 saturated carbocycles. The van der Waals surface area contributed by atoms with Gasteiger partial charge in [-0.15, -0.1) is 0 Å². The second kappa shape index (κ2) is 4.44. The summed E-state index contributed by atoms with van der Waals surface area (Å²) < 4.78 is 10.7. The van der Waals surface area contributed by atoms with Gasteiger partial charge >= 0.3 is 0 Å². The van der Waals surface area contributed by atoms with Gasteiger partial charge in [0.25, 0.3) is 0 Å². The Morgan fingerprint density at radius 1 is 1.36 bits per heavy atom. The number of benzene rings is 1. The molecule has 1 fully saturated rings. The monoisotopic (exact) mass is 192 g/mol. The molecule has 1 aliphatic heterocycles. The number of nitrogens with zero attached hydrogens (tertiary/aromatic N) is 1. The third kappa shape index (κ3) is 2.05. The van der Waals surface area contributed by atoms with Crippen molar-refractivity contribution in [1.82, 2.24) is 5.32 Å². The lowest BCUT2D eigenvalue weighted by molar-refractivity contribution is 0.0260. The van der Waals surface area contributed by atoms with Crippen molar-refractivity contribution in [2.45, 2.75) is 6.10 Å². The fraction of sp³-hybridized carbons (Fsp3) is 0.455. The van der Waals surface area contributed by atoms with Crippen LogP contribution in [0.25, 0.3) is 0 Å². The van der Waals surface area contributed by atoms with E-state index in [1.807, 2.05) is 24.3 Å². The van der Waals surface area contributed by atoms with Crippen molar-refractivity contribution in [3.63, 3.8) is 0 Å². The first-order valence-electron chi connectivity index (χ1n) is 4.79. The molecule has 0 aliphatic carbocycles. The molecule has 1 aromatic rings. The van der Waals surface area contributed by atoms with Gasteiger partial charge in [-0.05, 0) is 17.7 Å². The lowest BCUT2D eigenvalue weighted by atomic mass is 10.1. The average Bonchev–Trinajstić information content (AvgIpc) is 2.30. The second-order valence-corrected chi connectivity index (χ2v) is 3.26. The van der Waals surface area contributed by atoms with Crippen LogP contribution in [0, 0.1) is 0 Å². The van der Waals surface area contributed by atoms with E-state index in [4.69, 9.17) is 9.47 Å². The molecule has 1 aliphatic rings. The highest BCUT2D eigenvalue weighted by Gasteiger charge is 2.15. The van der Waals surface area contributed by atoms with Gasteiger partial charge < -0.3 is 9.47 Å². The van der Waals surface area contributed by atoms with Gasteiger partial charge in [-0.25, -0.2) is 5.32 Å². The Labute approximate surface area is 84.0 Å². The maximum absolute atomic E-state index is 5.60. The predicted octanol–water partition coefficient (Wildman–Crippen LogP) is 1.37. The summed E-state index contributed by atoms with van der Waals surface area (Å²) in [7, 11) is 1.67. The molecule has 0 amide bonds. The lowest BCUT2D eigenvalue weighted by Gasteiger charge is -2.22. The molecule has 2 rings (SSSR count). The van der Waals surface area contributed by atoms with Crippen LogP contribution < -0.4 is 10.1 Å². The Hall–Kier alpha value is -1.06. The van der Waals surface area contributed by atoms with E-state index in [0.29, 0.717) is 0 Å². The molecule has 1 aromatic carbocycles. The zero-order valence-electron chi connectivity index (χ0n) is 8.27. The average molecular weight is 192 g/mol. The number of methoxy groups -OCH3 is 1. The summed E-state index contributed by atoms with van der Waals surface area (Å²) in [5.41, 5.74) is 1.18. The van der Waals surface area contributed by atoms with Gasteiger partial charge in [-0.2, -0.15) is 0 Å². The molecule has 1 unspecified atom stereocenters. The summed E-state index contributed by atoms with van der Waals surface area (Å²) >= 11 is 0. The maximum atomic E-state index is 5.60. The molecule has 3 nitrogen and oxygen atoms in total. The molecule has 1 atom stereocenters. The van der Waals surface area contributed by atoms with E-state index in [9.17, 15) is 0 Å². The van der Waals surface area contributed by atoms with Crippen molar-refractivity contribution in [2.75, 3.05) is 26.8 Å². The van der Waals surface area contributed by atoms with Gasteiger partial charge in [0.2, 0.25) is 0 Å². The van der Waals surface area contributed by atoms with E-state index < -0.39 is 0 Å². The minimum atomic E-state index is 0.134. The summed E-state index contributed by atoms with van der Waals surface area (Å²) in [5, 5.41) is 4.32. The first kappa shape index (κ1) is 9.49. The van der Waals surface area contributed by atoms with Crippen LogP contribution in [-0.4, -0.2) is 26.8 Å². The van der Waals surface area contributed by atoms with Crippen LogP contribution in [-0.2, 0) is 4.74 Å². The molecule has 14 heavy (non-hydrogen) atoms. The number of ether oxygens (including phenoxy) is 2. The minimum Gasteiger partial charge on any atom is -0.497 e. The topological polar surface area (TPSA) is 32.6 Å². The first-order valence-corrected chi connectivity index (χ1v) is 4.79. The molecule has 0 N–H and O–H groups in total. The highest BCUT2D eigenvalue weighted by Crippen LogP contribution is 2.21. The minimum absolute atomic E-state index is 0.134. The number of hydrogen-bond donors (Lipinski definition) is 0. The molecule has 1 saturated heterocycles. The summed E-state index contributed by atoms with van der Waals surface area (Å²) in [6, 6.07) is 7.97. The quantitative estimate of drug-likeness (QED) is 0.709. The molecule has 0 aromatic heterocycles. The van der Waals surface area contributed by atoms with Crippen molar-refractivity contribution in [3.8, 4) is 5.75 Å². The SMILES string of the molecule is COc1ccc(C2C[N]CCO2)cc1. The van der Waals surface area contributed by atoms with Gasteiger partial charge in [0.05, 0.1) is 19.8 Å². The predicted molar refractivity (Wildman–Crippen MR) is 53.6 cm³/mol. The summed E-state index contributed by atoms with van der Waals surface area (Å²) in [6.07, 6.45) is 0.134. The Bertz CT molecular complexity index is 278. The molecule has 0 spiro atoms. The summed E-state index contributed by atoms with van der Waals surface area (Å²) in [4.78, 5) is 0. The molecule has 1 radical (unpaired) electrons. The highest BCUT2D eigenvalue weighted by atomic mass is 16.5. The van der Waals surface area contributed by atoms with Crippen molar-refractivity contribution in [1.29, 1.82) is 0 Å². The third-order valence-corrected chi connectivity index (χ3v) is 2.35. The van der Waals surface area contributed by atoms with Crippen LogP contribution in [0.15, 0.2) is 24.3 Å². The zero-order chi connectivity index (χ0) is 9.80. The Kier molecular flexibility index (Phi) is 3.01. The van der Waals surface area contributed by atoms with E-state index in [2.05, 4.69) is 5.32 Å². The largest absolute Gasteiger partial charge is 0.497 e. The van der Waals surface area contributed by atoms with Crippen molar-refractivity contribution >= 4 is 0 Å². The fourth-order valence-corrected chi connectivity index (χ4v) is 1.54. The lowest BCUT2D eigenvalue weighted by Crippen LogP contribution is -2.28. The van der Waals surface area contributed by atoms with E-state index in [-0.39, 0.29) is 6.10 Å². The van der Waals surface area contributed by atoms with Gasteiger partial charge in [0, 0.05) is 13.1 Å². The molecular weight excluding hydrogens is 178 g/mol. The van der Waals surface area contributed by atoms with Crippen molar-refractivity contribution in [2.24, 2.45) is 0 Å². The van der Waals surface area contributed by atoms with Crippen LogP contribution in [0.1, 0.15) is 11.7 Å². The van der Waals surface area contributed by atoms with E-state index in [1.165, 1.54) is 5.56 Å². The van der Waals surface area contributed by atoms with Crippen molar-refractivity contribution in [3.05, 3.63) is 29.8 Å². The van der Waals surface area contributed by atoms with Gasteiger partial charge in [-0.1, -0.05) is 12.1 Å². The standard InChI is InChI=1S/C11H14NO2/c1-13-10-4-2-9(3-5-10)11-8-12-6-7-14-11/h2-5,11H,6-8H2,1H3. The van der Waals surface area contributed by atoms with E-state index in [0.717, 1.165) is 25.4 Å². The van der Waals surface area contributed by atoms with E-state index in [1.54, 1.807) is 7.11 Å². The summed E-state index contributed by atoms with van der Waals surface area (Å²) in [5.74, 6) is 0.876. The number of morpholine rings is 1. The van der Waals surface area contributed by atoms with Crippen LogP contribution in [0.5, 0.6) is 5.75 Å². The zero-order valence-corrected chi connectivity index (χ0v) is 8.27. The normalized spacial score (nSPS) is 21.9. The van der Waals surface area contributed by atoms with Crippen LogP contribution in [0.3, 0.4) is 0 Å². The Morgan fingerprint density at radius 2 is 2.14 bits per heavy atom. The van der Waals surface area contributed by atoms with Crippen LogP contribution in [0.2, 0.25) is 0 Å². The first-order chi connectivity index (χ1) is 6.90. The Morgan fingerprint density at radius 3 is 2.71 bits per heavy atom. The van der Waals surface area contributed by atoms with Crippen LogP contribution in [0.4, 0.5) is 0 Å². The molecule has 1 heterocycles. The van der Waals surface area contributed by atoms with Gasteiger partial charge in [0.1, 0.15) is 5.75 Å². The Balaban J connectivity index is 2.07. The molecule has 0 bridgehead atoms. The molecular formula is C11H14NO2. The number of rotatable bonds is 2. The summed E-state index contributed by atoms with van der Waals surface area (Å²) in [6.45, 7) is 2.33.